The number of benzene rings is 1. The van der Waals surface area contributed by atoms with Crippen LogP contribution in [0.25, 0.3) is 0 Å². The Kier molecular flexibility index (Phi) is 3.71. The quantitative estimate of drug-likeness (QED) is 0.795. The number of aryl methyl sites for hydroxylation is 1. The SMILES string of the molecule is Cc1sc(NC(=O)c2ccc(F)cc2)nc1C12CC3CC(CC(C3)C1)C2. The molecule has 0 spiro atoms. The van der Waals surface area contributed by atoms with Crippen LogP contribution in [0.4, 0.5) is 9.52 Å². The monoisotopic (exact) mass is 370 g/mol. The van der Waals surface area contributed by atoms with Crippen LogP contribution >= 0.6 is 11.3 Å². The van der Waals surface area contributed by atoms with Crippen molar-refractivity contribution in [1.82, 2.24) is 4.98 Å². The number of nitrogens with zero attached hydrogens (tertiary/aromatic N) is 1. The molecule has 1 heterocycles. The highest BCUT2D eigenvalue weighted by Gasteiger charge is 2.53. The molecule has 0 radical (unpaired) electrons. The van der Waals surface area contributed by atoms with Crippen molar-refractivity contribution >= 4 is 22.4 Å². The van der Waals surface area contributed by atoms with Crippen LogP contribution in [0.2, 0.25) is 0 Å². The van der Waals surface area contributed by atoms with Gasteiger partial charge in [0.05, 0.1) is 5.69 Å². The van der Waals surface area contributed by atoms with Gasteiger partial charge in [-0.2, -0.15) is 0 Å². The molecule has 1 aromatic carbocycles. The summed E-state index contributed by atoms with van der Waals surface area (Å²) in [5, 5.41) is 3.59. The second kappa shape index (κ2) is 5.88. The van der Waals surface area contributed by atoms with E-state index in [1.54, 1.807) is 11.3 Å². The first-order valence-electron chi connectivity index (χ1n) is 9.55. The molecule has 4 bridgehead atoms. The van der Waals surface area contributed by atoms with E-state index in [2.05, 4.69) is 12.2 Å². The van der Waals surface area contributed by atoms with Gasteiger partial charge in [-0.15, -0.1) is 11.3 Å². The topological polar surface area (TPSA) is 42.0 Å². The highest BCUT2D eigenvalue weighted by molar-refractivity contribution is 7.15. The number of thiazole rings is 1. The number of hydrogen-bond donors (Lipinski definition) is 1. The Hall–Kier alpha value is -1.75. The molecule has 6 rings (SSSR count). The van der Waals surface area contributed by atoms with E-state index < -0.39 is 0 Å². The Bertz CT molecular complexity index is 822. The van der Waals surface area contributed by atoms with E-state index in [1.807, 2.05) is 0 Å². The van der Waals surface area contributed by atoms with Crippen molar-refractivity contribution in [2.24, 2.45) is 17.8 Å². The molecule has 0 atom stereocenters. The molecule has 5 heteroatoms. The summed E-state index contributed by atoms with van der Waals surface area (Å²) in [4.78, 5) is 18.6. The van der Waals surface area contributed by atoms with Gasteiger partial charge >= 0.3 is 0 Å². The molecule has 2 aromatic rings. The third kappa shape index (κ3) is 2.68. The number of nitrogens with one attached hydrogen (secondary N) is 1. The summed E-state index contributed by atoms with van der Waals surface area (Å²) >= 11 is 1.57. The molecule has 4 fully saturated rings. The predicted octanol–water partition coefficient (Wildman–Crippen LogP) is 5.31. The van der Waals surface area contributed by atoms with Gasteiger partial charge in [0.2, 0.25) is 0 Å². The molecule has 136 valence electrons. The minimum atomic E-state index is -0.337. The molecule has 0 saturated heterocycles. The maximum absolute atomic E-state index is 13.1. The lowest BCUT2D eigenvalue weighted by molar-refractivity contribution is -0.00715. The maximum Gasteiger partial charge on any atom is 0.257 e. The number of rotatable bonds is 3. The Labute approximate surface area is 157 Å². The lowest BCUT2D eigenvalue weighted by Gasteiger charge is -2.56. The molecule has 0 aliphatic heterocycles. The number of aromatic nitrogens is 1. The second-order valence-corrected chi connectivity index (χ2v) is 9.79. The lowest BCUT2D eigenvalue weighted by Crippen LogP contribution is -2.49. The van der Waals surface area contributed by atoms with Crippen LogP contribution in [0.5, 0.6) is 0 Å². The van der Waals surface area contributed by atoms with E-state index in [4.69, 9.17) is 4.98 Å². The zero-order valence-corrected chi connectivity index (χ0v) is 15.7. The highest BCUT2D eigenvalue weighted by Crippen LogP contribution is 2.61. The number of anilines is 1. The molecule has 3 nitrogen and oxygen atoms in total. The fourth-order valence-corrected chi connectivity index (χ4v) is 7.04. The Balaban J connectivity index is 1.40. The standard InChI is InChI=1S/C21H23FN2OS/c1-12-18(21-9-13-6-14(10-21)8-15(7-13)11-21)23-20(26-12)24-19(25)16-2-4-17(22)5-3-16/h2-5,13-15H,6-11H2,1H3,(H,23,24,25). The zero-order chi connectivity index (χ0) is 17.9. The third-order valence-electron chi connectivity index (χ3n) is 6.66. The van der Waals surface area contributed by atoms with Crippen molar-refractivity contribution in [2.75, 3.05) is 5.32 Å². The van der Waals surface area contributed by atoms with Gasteiger partial charge in [-0.3, -0.25) is 10.1 Å². The van der Waals surface area contributed by atoms with Crippen LogP contribution in [0.1, 0.15) is 59.5 Å². The summed E-state index contributed by atoms with van der Waals surface area (Å²) in [6, 6.07) is 5.63. The molecular weight excluding hydrogens is 347 g/mol. The summed E-state index contributed by atoms with van der Waals surface area (Å²) in [6.45, 7) is 2.14. The van der Waals surface area contributed by atoms with Gasteiger partial charge in [0.25, 0.3) is 5.91 Å². The second-order valence-electron chi connectivity index (χ2n) is 8.58. The molecular formula is C21H23FN2OS. The Morgan fingerprint density at radius 2 is 1.69 bits per heavy atom. The average molecular weight is 370 g/mol. The molecule has 1 N–H and O–H groups in total. The van der Waals surface area contributed by atoms with Crippen molar-refractivity contribution in [1.29, 1.82) is 0 Å². The summed E-state index contributed by atoms with van der Waals surface area (Å²) in [6.07, 6.45) is 8.06. The van der Waals surface area contributed by atoms with E-state index in [1.165, 1.54) is 73.4 Å². The third-order valence-corrected chi connectivity index (χ3v) is 7.55. The van der Waals surface area contributed by atoms with Gasteiger partial charge in [0.1, 0.15) is 5.82 Å². The van der Waals surface area contributed by atoms with Crippen LogP contribution in [0.15, 0.2) is 24.3 Å². The van der Waals surface area contributed by atoms with Gasteiger partial charge in [-0.1, -0.05) is 0 Å². The molecule has 4 saturated carbocycles. The number of halogens is 1. The van der Waals surface area contributed by atoms with Gasteiger partial charge in [0.15, 0.2) is 5.13 Å². The van der Waals surface area contributed by atoms with Crippen LogP contribution < -0.4 is 5.32 Å². The van der Waals surface area contributed by atoms with Crippen LogP contribution in [0, 0.1) is 30.5 Å². The number of carbonyl (C=O) groups excluding carboxylic acids is 1. The van der Waals surface area contributed by atoms with E-state index in [0.29, 0.717) is 10.7 Å². The number of hydrogen-bond acceptors (Lipinski definition) is 3. The maximum atomic E-state index is 13.1. The molecule has 1 amide bonds. The first-order valence-corrected chi connectivity index (χ1v) is 10.4. The minimum Gasteiger partial charge on any atom is -0.298 e. The van der Waals surface area contributed by atoms with Crippen molar-refractivity contribution in [3.63, 3.8) is 0 Å². The lowest BCUT2D eigenvalue weighted by atomic mass is 9.48. The van der Waals surface area contributed by atoms with Crippen molar-refractivity contribution < 1.29 is 9.18 Å². The van der Waals surface area contributed by atoms with Gasteiger partial charge in [-0.25, -0.2) is 9.37 Å². The van der Waals surface area contributed by atoms with E-state index in [-0.39, 0.29) is 17.1 Å². The van der Waals surface area contributed by atoms with Gasteiger partial charge in [-0.05, 0) is 87.5 Å². The Morgan fingerprint density at radius 3 is 2.27 bits per heavy atom. The number of carbonyl (C=O) groups is 1. The largest absolute Gasteiger partial charge is 0.298 e. The predicted molar refractivity (Wildman–Crippen MR) is 101 cm³/mol. The minimum absolute atomic E-state index is 0.226. The zero-order valence-electron chi connectivity index (χ0n) is 14.9. The highest BCUT2D eigenvalue weighted by atomic mass is 32.1. The fraction of sp³-hybridized carbons (Fsp3) is 0.524. The molecule has 0 unspecified atom stereocenters. The summed E-state index contributed by atoms with van der Waals surface area (Å²) in [5.74, 6) is 2.06. The van der Waals surface area contributed by atoms with E-state index in [9.17, 15) is 9.18 Å². The van der Waals surface area contributed by atoms with Crippen LogP contribution in [-0.4, -0.2) is 10.9 Å². The van der Waals surface area contributed by atoms with E-state index >= 15 is 0 Å². The van der Waals surface area contributed by atoms with Crippen molar-refractivity contribution in [3.8, 4) is 0 Å². The molecule has 4 aliphatic carbocycles. The molecule has 4 aliphatic rings. The van der Waals surface area contributed by atoms with Crippen molar-refractivity contribution in [3.05, 3.63) is 46.2 Å². The first-order chi connectivity index (χ1) is 12.5. The summed E-state index contributed by atoms with van der Waals surface area (Å²) in [5.41, 5.74) is 1.93. The van der Waals surface area contributed by atoms with Crippen LogP contribution in [0.3, 0.4) is 0 Å². The summed E-state index contributed by atoms with van der Waals surface area (Å²) < 4.78 is 13.1. The van der Waals surface area contributed by atoms with Crippen molar-refractivity contribution in [2.45, 2.75) is 50.9 Å². The van der Waals surface area contributed by atoms with Crippen LogP contribution in [-0.2, 0) is 5.41 Å². The number of amides is 1. The molecule has 26 heavy (non-hydrogen) atoms. The first kappa shape index (κ1) is 16.4. The summed E-state index contributed by atoms with van der Waals surface area (Å²) in [7, 11) is 0. The van der Waals surface area contributed by atoms with E-state index in [0.717, 1.165) is 17.8 Å². The fourth-order valence-electron chi connectivity index (χ4n) is 6.11. The smallest absolute Gasteiger partial charge is 0.257 e. The molecule has 1 aromatic heterocycles. The average Bonchev–Trinajstić information content (AvgIpc) is 2.95. The van der Waals surface area contributed by atoms with Gasteiger partial charge in [0, 0.05) is 15.9 Å². The normalized spacial score (nSPS) is 32.0. The Morgan fingerprint density at radius 1 is 1.12 bits per heavy atom. The van der Waals surface area contributed by atoms with Gasteiger partial charge < -0.3 is 0 Å².